The van der Waals surface area contributed by atoms with E-state index in [1.165, 1.54) is 5.56 Å². The van der Waals surface area contributed by atoms with Gasteiger partial charge in [0.15, 0.2) is 5.69 Å². The van der Waals surface area contributed by atoms with Crippen LogP contribution in [0.25, 0.3) is 10.9 Å². The number of nitrogens with zero attached hydrogens (tertiary/aromatic N) is 3. The van der Waals surface area contributed by atoms with Crippen molar-refractivity contribution in [3.05, 3.63) is 81.6 Å². The summed E-state index contributed by atoms with van der Waals surface area (Å²) in [5.41, 5.74) is 7.02. The summed E-state index contributed by atoms with van der Waals surface area (Å²) < 4.78 is 5.46. The van der Waals surface area contributed by atoms with E-state index in [0.717, 1.165) is 64.7 Å². The van der Waals surface area contributed by atoms with Crippen molar-refractivity contribution in [2.75, 3.05) is 6.54 Å². The Hall–Kier alpha value is -3.94. The number of benzene rings is 1. The number of carbonyl (C=O) groups is 2. The highest BCUT2D eigenvalue weighted by Crippen LogP contribution is 2.28. The molecule has 3 aromatic heterocycles. The van der Waals surface area contributed by atoms with E-state index in [1.807, 2.05) is 48.4 Å². The molecule has 0 fully saturated rings. The van der Waals surface area contributed by atoms with Crippen molar-refractivity contribution >= 4 is 22.7 Å². The number of hydrogen-bond acceptors (Lipinski definition) is 5. The summed E-state index contributed by atoms with van der Waals surface area (Å²) in [5, 5.41) is 8.17. The molecule has 6 rings (SSSR count). The lowest BCUT2D eigenvalue weighted by Crippen LogP contribution is -2.37. The highest BCUT2D eigenvalue weighted by molar-refractivity contribution is 5.98. The number of hydrogen-bond donors (Lipinski definition) is 2. The van der Waals surface area contributed by atoms with Gasteiger partial charge in [-0.3, -0.25) is 14.6 Å². The number of carbonyl (C=O) groups excluding carboxylic acids is 2. The maximum absolute atomic E-state index is 13.3. The van der Waals surface area contributed by atoms with Crippen LogP contribution >= 0.6 is 0 Å². The fourth-order valence-corrected chi connectivity index (χ4v) is 5.29. The summed E-state index contributed by atoms with van der Waals surface area (Å²) in [6, 6.07) is 9.69. The summed E-state index contributed by atoms with van der Waals surface area (Å²) >= 11 is 0. The zero-order valence-corrected chi connectivity index (χ0v) is 19.7. The van der Waals surface area contributed by atoms with E-state index < -0.39 is 0 Å². The Morgan fingerprint density at radius 3 is 2.89 bits per heavy atom. The molecule has 0 saturated heterocycles. The Kier molecular flexibility index (Phi) is 5.36. The van der Waals surface area contributed by atoms with Gasteiger partial charge in [-0.15, -0.1) is 0 Å². The van der Waals surface area contributed by atoms with Crippen molar-refractivity contribution in [3.63, 3.8) is 0 Å². The number of fused-ring (bicyclic) bond motifs is 3. The van der Waals surface area contributed by atoms with Crippen LogP contribution < -0.4 is 5.32 Å². The Labute approximate surface area is 202 Å². The molecule has 1 aliphatic heterocycles. The standard InChI is InChI=1S/C27H27N5O3/c1-16-21(14-29-26(33)23-12-17-6-2-4-8-22(17)30-23)19-10-11-32(15-18(19)13-28-16)27(34)25-20-7-3-5-9-24(20)35-31-25/h2,4,6,8,12-13,30H,3,5,7,9-11,14-15H2,1H3,(H,29,33). The molecule has 178 valence electrons. The molecule has 1 aliphatic carbocycles. The van der Waals surface area contributed by atoms with Crippen LogP contribution in [0.2, 0.25) is 0 Å². The van der Waals surface area contributed by atoms with Gasteiger partial charge < -0.3 is 19.7 Å². The zero-order valence-electron chi connectivity index (χ0n) is 19.7. The van der Waals surface area contributed by atoms with E-state index in [4.69, 9.17) is 4.52 Å². The van der Waals surface area contributed by atoms with E-state index >= 15 is 0 Å². The minimum Gasteiger partial charge on any atom is -0.360 e. The smallest absolute Gasteiger partial charge is 0.276 e. The molecule has 2 amide bonds. The first-order valence-electron chi connectivity index (χ1n) is 12.2. The van der Waals surface area contributed by atoms with Crippen LogP contribution in [0.5, 0.6) is 0 Å². The van der Waals surface area contributed by atoms with Crippen molar-refractivity contribution in [2.24, 2.45) is 0 Å². The fourth-order valence-electron chi connectivity index (χ4n) is 5.29. The third-order valence-corrected chi connectivity index (χ3v) is 7.24. The normalized spacial score (nSPS) is 15.1. The molecule has 8 heteroatoms. The van der Waals surface area contributed by atoms with E-state index in [0.29, 0.717) is 37.4 Å². The first kappa shape index (κ1) is 21.6. The van der Waals surface area contributed by atoms with Crippen LogP contribution in [0.4, 0.5) is 0 Å². The Balaban J connectivity index is 1.19. The van der Waals surface area contributed by atoms with Crippen LogP contribution in [-0.4, -0.2) is 38.4 Å². The van der Waals surface area contributed by atoms with E-state index in [2.05, 4.69) is 20.4 Å². The molecule has 8 nitrogen and oxygen atoms in total. The van der Waals surface area contributed by atoms with Crippen molar-refractivity contribution in [1.29, 1.82) is 0 Å². The number of H-pyrrole nitrogens is 1. The first-order valence-corrected chi connectivity index (χ1v) is 12.2. The number of aromatic amines is 1. The van der Waals surface area contributed by atoms with Crippen molar-refractivity contribution in [2.45, 2.75) is 52.1 Å². The van der Waals surface area contributed by atoms with Gasteiger partial charge in [-0.2, -0.15) is 0 Å². The van der Waals surface area contributed by atoms with Gasteiger partial charge in [0.1, 0.15) is 11.5 Å². The molecule has 0 bridgehead atoms. The lowest BCUT2D eigenvalue weighted by Gasteiger charge is -2.30. The summed E-state index contributed by atoms with van der Waals surface area (Å²) in [7, 11) is 0. The predicted octanol–water partition coefficient (Wildman–Crippen LogP) is 3.87. The number of rotatable bonds is 4. The Morgan fingerprint density at radius 2 is 2.00 bits per heavy atom. The molecular formula is C27H27N5O3. The largest absolute Gasteiger partial charge is 0.360 e. The molecule has 0 saturated carbocycles. The highest BCUT2D eigenvalue weighted by Gasteiger charge is 2.30. The van der Waals surface area contributed by atoms with Crippen LogP contribution in [0.3, 0.4) is 0 Å². The fraction of sp³-hybridized carbons (Fsp3) is 0.333. The molecule has 0 atom stereocenters. The molecule has 4 aromatic rings. The minimum absolute atomic E-state index is 0.0724. The van der Waals surface area contributed by atoms with Gasteiger partial charge in [0, 0.05) is 54.4 Å². The van der Waals surface area contributed by atoms with E-state index in [9.17, 15) is 9.59 Å². The molecule has 0 radical (unpaired) electrons. The van der Waals surface area contributed by atoms with Gasteiger partial charge in [-0.1, -0.05) is 23.4 Å². The Bertz CT molecular complexity index is 1420. The van der Waals surface area contributed by atoms with Crippen LogP contribution in [0.1, 0.15) is 67.5 Å². The van der Waals surface area contributed by atoms with Gasteiger partial charge in [-0.05, 0) is 61.4 Å². The van der Waals surface area contributed by atoms with Crippen molar-refractivity contribution in [1.82, 2.24) is 25.3 Å². The van der Waals surface area contributed by atoms with Gasteiger partial charge in [0.25, 0.3) is 11.8 Å². The average Bonchev–Trinajstić information content (AvgIpc) is 3.52. The molecule has 0 unspecified atom stereocenters. The van der Waals surface area contributed by atoms with Gasteiger partial charge in [-0.25, -0.2) is 0 Å². The maximum atomic E-state index is 13.3. The first-order chi connectivity index (χ1) is 17.1. The zero-order chi connectivity index (χ0) is 23.9. The monoisotopic (exact) mass is 469 g/mol. The quantitative estimate of drug-likeness (QED) is 0.472. The molecule has 2 aliphatic rings. The summed E-state index contributed by atoms with van der Waals surface area (Å²) in [5.74, 6) is 0.640. The summed E-state index contributed by atoms with van der Waals surface area (Å²) in [6.45, 7) is 3.43. The number of amides is 2. The van der Waals surface area contributed by atoms with Crippen LogP contribution in [0, 0.1) is 6.92 Å². The molecule has 35 heavy (non-hydrogen) atoms. The van der Waals surface area contributed by atoms with Gasteiger partial charge in [0.05, 0.1) is 0 Å². The summed E-state index contributed by atoms with van der Waals surface area (Å²) in [6.07, 6.45) is 6.42. The molecular weight excluding hydrogens is 442 g/mol. The van der Waals surface area contributed by atoms with Gasteiger partial charge >= 0.3 is 0 Å². The predicted molar refractivity (Wildman–Crippen MR) is 130 cm³/mol. The Morgan fingerprint density at radius 1 is 1.14 bits per heavy atom. The molecule has 1 aromatic carbocycles. The van der Waals surface area contributed by atoms with Gasteiger partial charge in [0.2, 0.25) is 0 Å². The average molecular weight is 470 g/mol. The van der Waals surface area contributed by atoms with E-state index in [-0.39, 0.29) is 11.8 Å². The van der Waals surface area contributed by atoms with E-state index in [1.54, 1.807) is 0 Å². The van der Waals surface area contributed by atoms with Crippen molar-refractivity contribution in [3.8, 4) is 0 Å². The molecule has 4 heterocycles. The second-order valence-corrected chi connectivity index (χ2v) is 9.40. The number of para-hydroxylation sites is 1. The lowest BCUT2D eigenvalue weighted by molar-refractivity contribution is 0.0722. The number of aryl methyl sites for hydroxylation is 2. The second kappa shape index (κ2) is 8.69. The lowest BCUT2D eigenvalue weighted by atomic mass is 9.93. The third-order valence-electron chi connectivity index (χ3n) is 7.24. The minimum atomic E-state index is -0.151. The third kappa shape index (κ3) is 3.88. The number of pyridine rings is 1. The SMILES string of the molecule is Cc1ncc2c(c1CNC(=O)c1cc3ccccc3[nH]1)CCN(C(=O)c1noc3c1CCCC3)C2. The second-order valence-electron chi connectivity index (χ2n) is 9.40. The van der Waals surface area contributed by atoms with Crippen molar-refractivity contribution < 1.29 is 14.1 Å². The van der Waals surface area contributed by atoms with Crippen LogP contribution in [0.15, 0.2) is 41.1 Å². The number of nitrogens with one attached hydrogen (secondary N) is 2. The molecule has 0 spiro atoms. The highest BCUT2D eigenvalue weighted by atomic mass is 16.5. The van der Waals surface area contributed by atoms with Crippen LogP contribution in [-0.2, 0) is 32.4 Å². The summed E-state index contributed by atoms with van der Waals surface area (Å²) in [4.78, 5) is 35.7. The topological polar surface area (TPSA) is 104 Å². The maximum Gasteiger partial charge on any atom is 0.276 e. The molecule has 2 N–H and O–H groups in total. The number of aromatic nitrogens is 3.